The van der Waals surface area contributed by atoms with Gasteiger partial charge < -0.3 is 10.1 Å². The van der Waals surface area contributed by atoms with Crippen LogP contribution in [0.2, 0.25) is 0 Å². The summed E-state index contributed by atoms with van der Waals surface area (Å²) >= 11 is 1.75. The van der Waals surface area contributed by atoms with E-state index in [2.05, 4.69) is 24.5 Å². The first-order valence-corrected chi connectivity index (χ1v) is 8.35. The van der Waals surface area contributed by atoms with Crippen molar-refractivity contribution in [3.8, 4) is 0 Å². The molecule has 1 heterocycles. The fraction of sp³-hybridized carbons (Fsp3) is 0.800. The minimum atomic E-state index is 0.202. The number of hydrogen-bond acceptors (Lipinski definition) is 4. The normalized spacial score (nSPS) is 20.4. The molecule has 1 aromatic heterocycles. The third-order valence-corrected chi connectivity index (χ3v) is 4.99. The average Bonchev–Trinajstić information content (AvgIpc) is 2.91. The third-order valence-electron chi connectivity index (χ3n) is 4.07. The van der Waals surface area contributed by atoms with Gasteiger partial charge in [-0.1, -0.05) is 26.2 Å². The molecule has 1 N–H and O–H groups in total. The molecule has 3 nitrogen and oxygen atoms in total. The largest absolute Gasteiger partial charge is 0.374 e. The number of methoxy groups -OCH3 is 1. The van der Waals surface area contributed by atoms with E-state index in [9.17, 15) is 0 Å². The van der Waals surface area contributed by atoms with E-state index in [0.717, 1.165) is 17.2 Å². The Labute approximate surface area is 120 Å². The van der Waals surface area contributed by atoms with Crippen molar-refractivity contribution < 1.29 is 4.74 Å². The van der Waals surface area contributed by atoms with Crippen LogP contribution in [0.4, 0.5) is 0 Å². The minimum Gasteiger partial charge on any atom is -0.374 e. The Balaban J connectivity index is 2.06. The summed E-state index contributed by atoms with van der Waals surface area (Å²) in [6, 6.07) is 0.332. The molecule has 0 amide bonds. The predicted molar refractivity (Wildman–Crippen MR) is 80.5 cm³/mol. The Hall–Kier alpha value is -0.450. The predicted octanol–water partition coefficient (Wildman–Crippen LogP) is 4.08. The van der Waals surface area contributed by atoms with Crippen molar-refractivity contribution in [1.82, 2.24) is 10.3 Å². The van der Waals surface area contributed by atoms with E-state index in [4.69, 9.17) is 9.72 Å². The Morgan fingerprint density at radius 2 is 2.16 bits per heavy atom. The first kappa shape index (κ1) is 14.9. The molecular formula is C15H26N2OS. The number of rotatable bonds is 6. The molecule has 0 radical (unpaired) electrons. The lowest BCUT2D eigenvalue weighted by Gasteiger charge is -2.27. The smallest absolute Gasteiger partial charge is 0.122 e. The second kappa shape index (κ2) is 7.36. The Morgan fingerprint density at radius 1 is 1.42 bits per heavy atom. The van der Waals surface area contributed by atoms with E-state index < -0.39 is 0 Å². The summed E-state index contributed by atoms with van der Waals surface area (Å²) in [5.74, 6) is 0.659. The van der Waals surface area contributed by atoms with Crippen LogP contribution in [-0.2, 0) is 4.74 Å². The number of thiazole rings is 1. The maximum atomic E-state index is 5.76. The van der Waals surface area contributed by atoms with Crippen LogP contribution in [0.5, 0.6) is 0 Å². The van der Waals surface area contributed by atoms with Crippen LogP contribution in [0.1, 0.15) is 68.8 Å². The average molecular weight is 282 g/mol. The van der Waals surface area contributed by atoms with Gasteiger partial charge in [-0.05, 0) is 32.2 Å². The highest BCUT2D eigenvalue weighted by atomic mass is 32.1. The zero-order valence-electron chi connectivity index (χ0n) is 12.3. The first-order valence-electron chi connectivity index (χ1n) is 7.47. The van der Waals surface area contributed by atoms with E-state index in [0.29, 0.717) is 12.0 Å². The van der Waals surface area contributed by atoms with Gasteiger partial charge >= 0.3 is 0 Å². The molecule has 19 heavy (non-hydrogen) atoms. The van der Waals surface area contributed by atoms with Gasteiger partial charge in [0.25, 0.3) is 0 Å². The van der Waals surface area contributed by atoms with Crippen molar-refractivity contribution in [3.05, 3.63) is 16.1 Å². The molecule has 0 aromatic carbocycles. The van der Waals surface area contributed by atoms with Crippen LogP contribution >= 0.6 is 11.3 Å². The molecule has 0 bridgehead atoms. The number of ether oxygens (including phenoxy) is 1. The van der Waals surface area contributed by atoms with Crippen LogP contribution in [-0.4, -0.2) is 18.6 Å². The van der Waals surface area contributed by atoms with Crippen molar-refractivity contribution in [1.29, 1.82) is 0 Å². The number of hydrogen-bond donors (Lipinski definition) is 1. The van der Waals surface area contributed by atoms with E-state index in [1.165, 1.54) is 32.1 Å². The molecule has 2 rings (SSSR count). The van der Waals surface area contributed by atoms with Crippen LogP contribution in [0.25, 0.3) is 0 Å². The van der Waals surface area contributed by atoms with Crippen LogP contribution in [0.15, 0.2) is 5.38 Å². The zero-order valence-corrected chi connectivity index (χ0v) is 13.1. The number of nitrogens with one attached hydrogen (secondary N) is 1. The van der Waals surface area contributed by atoms with Gasteiger partial charge in [0.1, 0.15) is 11.1 Å². The zero-order chi connectivity index (χ0) is 13.7. The Bertz CT molecular complexity index is 374. The summed E-state index contributed by atoms with van der Waals surface area (Å²) in [7, 11) is 1.83. The summed E-state index contributed by atoms with van der Waals surface area (Å²) in [6.07, 6.45) is 6.85. The van der Waals surface area contributed by atoms with Crippen LogP contribution in [0, 0.1) is 5.92 Å². The second-order valence-corrected chi connectivity index (χ2v) is 6.33. The molecule has 2 atom stereocenters. The van der Waals surface area contributed by atoms with E-state index in [1.54, 1.807) is 11.3 Å². The van der Waals surface area contributed by atoms with Gasteiger partial charge in [0.2, 0.25) is 0 Å². The van der Waals surface area contributed by atoms with Crippen molar-refractivity contribution in [2.45, 2.75) is 58.1 Å². The molecule has 0 aliphatic heterocycles. The molecule has 2 unspecified atom stereocenters. The standard InChI is InChI=1S/C15H26N2OS/c1-4-16-11(2)13-10-19-15(17-13)14(18-3)12-8-6-5-7-9-12/h10-12,14,16H,4-9H2,1-3H3. The molecule has 0 spiro atoms. The monoisotopic (exact) mass is 282 g/mol. The van der Waals surface area contributed by atoms with Gasteiger partial charge in [-0.3, -0.25) is 0 Å². The maximum absolute atomic E-state index is 5.76. The molecule has 1 saturated carbocycles. The molecule has 4 heteroatoms. The second-order valence-electron chi connectivity index (χ2n) is 5.44. The van der Waals surface area contributed by atoms with Gasteiger partial charge in [0.15, 0.2) is 0 Å². The van der Waals surface area contributed by atoms with E-state index in [-0.39, 0.29) is 6.10 Å². The summed E-state index contributed by atoms with van der Waals surface area (Å²) in [4.78, 5) is 4.81. The SMILES string of the molecule is CCNC(C)c1csc(C(OC)C2CCCCC2)n1. The quantitative estimate of drug-likeness (QED) is 0.853. The molecular weight excluding hydrogens is 256 g/mol. The highest BCUT2D eigenvalue weighted by Gasteiger charge is 2.27. The fourth-order valence-corrected chi connectivity index (χ4v) is 4.05. The topological polar surface area (TPSA) is 34.1 Å². The third kappa shape index (κ3) is 3.77. The molecule has 1 aliphatic rings. The molecule has 0 saturated heterocycles. The van der Waals surface area contributed by atoms with Gasteiger partial charge in [0.05, 0.1) is 5.69 Å². The fourth-order valence-electron chi connectivity index (χ4n) is 2.97. The van der Waals surface area contributed by atoms with Crippen molar-refractivity contribution in [2.75, 3.05) is 13.7 Å². The lowest BCUT2D eigenvalue weighted by Crippen LogP contribution is -2.20. The summed E-state index contributed by atoms with van der Waals surface area (Å²) in [6.45, 7) is 5.28. The summed E-state index contributed by atoms with van der Waals surface area (Å²) < 4.78 is 5.76. The molecule has 1 fully saturated rings. The van der Waals surface area contributed by atoms with Gasteiger partial charge in [-0.2, -0.15) is 0 Å². The van der Waals surface area contributed by atoms with Gasteiger partial charge in [-0.25, -0.2) is 4.98 Å². The minimum absolute atomic E-state index is 0.202. The van der Waals surface area contributed by atoms with Gasteiger partial charge in [-0.15, -0.1) is 11.3 Å². The summed E-state index contributed by atoms with van der Waals surface area (Å²) in [5.41, 5.74) is 1.15. The lowest BCUT2D eigenvalue weighted by molar-refractivity contribution is 0.0351. The van der Waals surface area contributed by atoms with Crippen molar-refractivity contribution >= 4 is 11.3 Å². The highest BCUT2D eigenvalue weighted by Crippen LogP contribution is 2.38. The Kier molecular flexibility index (Phi) is 5.79. The maximum Gasteiger partial charge on any atom is 0.122 e. The Morgan fingerprint density at radius 3 is 2.79 bits per heavy atom. The van der Waals surface area contributed by atoms with E-state index in [1.807, 2.05) is 7.11 Å². The number of nitrogens with zero attached hydrogens (tertiary/aromatic N) is 1. The molecule has 108 valence electrons. The lowest BCUT2D eigenvalue weighted by atomic mass is 9.85. The van der Waals surface area contributed by atoms with Gasteiger partial charge in [0, 0.05) is 18.5 Å². The molecule has 1 aliphatic carbocycles. The van der Waals surface area contributed by atoms with E-state index >= 15 is 0 Å². The van der Waals surface area contributed by atoms with Crippen molar-refractivity contribution in [2.24, 2.45) is 5.92 Å². The number of aromatic nitrogens is 1. The van der Waals surface area contributed by atoms with Crippen LogP contribution < -0.4 is 5.32 Å². The highest BCUT2D eigenvalue weighted by molar-refractivity contribution is 7.09. The first-order chi connectivity index (χ1) is 9.26. The van der Waals surface area contributed by atoms with Crippen molar-refractivity contribution in [3.63, 3.8) is 0 Å². The summed E-state index contributed by atoms with van der Waals surface area (Å²) in [5, 5.41) is 6.75. The van der Waals surface area contributed by atoms with Crippen LogP contribution in [0.3, 0.4) is 0 Å². The molecule has 1 aromatic rings.